The van der Waals surface area contributed by atoms with E-state index in [0.717, 1.165) is 22.5 Å². The van der Waals surface area contributed by atoms with Gasteiger partial charge in [0.15, 0.2) is 0 Å². The standard InChI is InChI=1S/C22H26F2N4O3S/c1-14(2)19-20(32-18-11-15(23)10-16(24)12-18)28(13-17-6-4-5-7-26-17)22(3,27-19)31-9-8-30-21(25)29/h4-7,10-12,14,27H,8-9,13H2,1-3H3,(H2,25,29). The maximum atomic E-state index is 13.8. The number of carbonyl (C=O) groups excluding carboxylic acids is 1. The number of carbonyl (C=O) groups is 1. The smallest absolute Gasteiger partial charge is 0.404 e. The minimum absolute atomic E-state index is 0.0153. The van der Waals surface area contributed by atoms with Crippen LogP contribution in [0, 0.1) is 17.6 Å². The van der Waals surface area contributed by atoms with Crippen molar-refractivity contribution in [3.63, 3.8) is 0 Å². The SMILES string of the molecule is CC(C)C1=C(Sc2cc(F)cc(F)c2)N(Cc2ccccn2)C(C)(OCCOC(N)=O)N1. The molecule has 2 heterocycles. The topological polar surface area (TPSA) is 89.7 Å². The summed E-state index contributed by atoms with van der Waals surface area (Å²) in [5.74, 6) is -2.26. The minimum Gasteiger partial charge on any atom is -0.447 e. The van der Waals surface area contributed by atoms with Crippen molar-refractivity contribution in [2.75, 3.05) is 13.2 Å². The Morgan fingerprint density at radius 3 is 2.56 bits per heavy atom. The van der Waals surface area contributed by atoms with Crippen molar-refractivity contribution in [3.05, 3.63) is 70.6 Å². The fraction of sp³-hybridized carbons (Fsp3) is 0.364. The second-order valence-corrected chi connectivity index (χ2v) is 8.67. The van der Waals surface area contributed by atoms with Gasteiger partial charge in [-0.15, -0.1) is 0 Å². The summed E-state index contributed by atoms with van der Waals surface area (Å²) in [4.78, 5) is 17.6. The molecule has 1 aliphatic rings. The molecule has 172 valence electrons. The van der Waals surface area contributed by atoms with Crippen LogP contribution in [0.4, 0.5) is 13.6 Å². The van der Waals surface area contributed by atoms with E-state index in [4.69, 9.17) is 15.2 Å². The van der Waals surface area contributed by atoms with Gasteiger partial charge >= 0.3 is 6.09 Å². The third-order valence-electron chi connectivity index (χ3n) is 4.74. The van der Waals surface area contributed by atoms with Gasteiger partial charge in [-0.25, -0.2) is 13.6 Å². The van der Waals surface area contributed by atoms with Crippen LogP contribution in [0.2, 0.25) is 0 Å². The number of nitrogens with zero attached hydrogens (tertiary/aromatic N) is 2. The lowest BCUT2D eigenvalue weighted by Crippen LogP contribution is -2.52. The molecule has 32 heavy (non-hydrogen) atoms. The summed E-state index contributed by atoms with van der Waals surface area (Å²) in [5.41, 5.74) is 6.66. The molecule has 1 aliphatic heterocycles. The molecular weight excluding hydrogens is 438 g/mol. The Morgan fingerprint density at radius 2 is 1.97 bits per heavy atom. The first kappa shape index (κ1) is 23.8. The third-order valence-corrected chi connectivity index (χ3v) is 5.85. The van der Waals surface area contributed by atoms with Crippen LogP contribution < -0.4 is 11.1 Å². The Hall–Kier alpha value is -2.85. The lowest BCUT2D eigenvalue weighted by molar-refractivity contribution is -0.142. The number of nitrogens with one attached hydrogen (secondary N) is 1. The lowest BCUT2D eigenvalue weighted by atomic mass is 10.1. The molecule has 2 aromatic rings. The zero-order valence-electron chi connectivity index (χ0n) is 18.1. The van der Waals surface area contributed by atoms with E-state index < -0.39 is 23.6 Å². The van der Waals surface area contributed by atoms with Crippen LogP contribution in [0.25, 0.3) is 0 Å². The molecular formula is C22H26F2N4O3S. The van der Waals surface area contributed by atoms with Crippen molar-refractivity contribution < 1.29 is 23.0 Å². The van der Waals surface area contributed by atoms with Crippen molar-refractivity contribution in [1.29, 1.82) is 0 Å². The summed E-state index contributed by atoms with van der Waals surface area (Å²) in [6.07, 6.45) is 0.813. The molecule has 7 nitrogen and oxygen atoms in total. The number of halogens is 2. The zero-order valence-corrected chi connectivity index (χ0v) is 18.9. The monoisotopic (exact) mass is 464 g/mol. The highest BCUT2D eigenvalue weighted by Crippen LogP contribution is 2.43. The van der Waals surface area contributed by atoms with Crippen molar-refractivity contribution in [2.24, 2.45) is 11.7 Å². The highest BCUT2D eigenvalue weighted by atomic mass is 32.2. The highest BCUT2D eigenvalue weighted by Gasteiger charge is 2.43. The number of primary amides is 1. The molecule has 1 atom stereocenters. The van der Waals surface area contributed by atoms with Crippen molar-refractivity contribution in [3.8, 4) is 0 Å². The van der Waals surface area contributed by atoms with Gasteiger partial charge in [0.25, 0.3) is 0 Å². The van der Waals surface area contributed by atoms with E-state index in [1.54, 1.807) is 6.20 Å². The lowest BCUT2D eigenvalue weighted by Gasteiger charge is -2.37. The Labute approximate surface area is 190 Å². The normalized spacial score (nSPS) is 18.2. The van der Waals surface area contributed by atoms with Crippen LogP contribution in [0.15, 0.2) is 58.2 Å². The van der Waals surface area contributed by atoms with E-state index in [9.17, 15) is 13.6 Å². The van der Waals surface area contributed by atoms with Crippen LogP contribution in [0.1, 0.15) is 26.5 Å². The van der Waals surface area contributed by atoms with Gasteiger partial charge in [0, 0.05) is 29.8 Å². The van der Waals surface area contributed by atoms with Crippen molar-refractivity contribution >= 4 is 17.9 Å². The predicted molar refractivity (Wildman–Crippen MR) is 117 cm³/mol. The minimum atomic E-state index is -1.02. The second kappa shape index (κ2) is 10.2. The van der Waals surface area contributed by atoms with E-state index in [-0.39, 0.29) is 19.1 Å². The fourth-order valence-electron chi connectivity index (χ4n) is 3.28. The molecule has 1 aromatic heterocycles. The van der Waals surface area contributed by atoms with Gasteiger partial charge in [0.1, 0.15) is 18.2 Å². The average Bonchev–Trinajstić information content (AvgIpc) is 2.98. The van der Waals surface area contributed by atoms with E-state index in [2.05, 4.69) is 10.3 Å². The predicted octanol–water partition coefficient (Wildman–Crippen LogP) is 4.17. The first-order chi connectivity index (χ1) is 15.2. The summed E-state index contributed by atoms with van der Waals surface area (Å²) in [5, 5.41) is 4.16. The van der Waals surface area contributed by atoms with E-state index >= 15 is 0 Å². The average molecular weight is 465 g/mol. The molecule has 0 bridgehead atoms. The Morgan fingerprint density at radius 1 is 1.25 bits per heavy atom. The number of allylic oxidation sites excluding steroid dienone is 1. The summed E-state index contributed by atoms with van der Waals surface area (Å²) in [6.45, 7) is 6.30. The van der Waals surface area contributed by atoms with Gasteiger partial charge in [-0.2, -0.15) is 0 Å². The Kier molecular flexibility index (Phi) is 7.57. The van der Waals surface area contributed by atoms with E-state index in [1.807, 2.05) is 43.9 Å². The van der Waals surface area contributed by atoms with Crippen LogP contribution in [0.5, 0.6) is 0 Å². The molecule has 10 heteroatoms. The first-order valence-electron chi connectivity index (χ1n) is 10.1. The summed E-state index contributed by atoms with van der Waals surface area (Å²) in [7, 11) is 0. The van der Waals surface area contributed by atoms with Crippen LogP contribution in [-0.4, -0.2) is 35.0 Å². The first-order valence-corrected chi connectivity index (χ1v) is 10.9. The van der Waals surface area contributed by atoms with Crippen LogP contribution in [-0.2, 0) is 16.0 Å². The Balaban J connectivity index is 1.94. The number of nitrogens with two attached hydrogens (primary N) is 1. The number of hydrogen-bond acceptors (Lipinski definition) is 7. The van der Waals surface area contributed by atoms with Gasteiger partial charge in [-0.3, -0.25) is 4.98 Å². The van der Waals surface area contributed by atoms with E-state index in [1.165, 1.54) is 23.9 Å². The molecule has 1 aromatic carbocycles. The van der Waals surface area contributed by atoms with Gasteiger partial charge in [-0.1, -0.05) is 31.7 Å². The van der Waals surface area contributed by atoms with Crippen LogP contribution >= 0.6 is 11.8 Å². The molecule has 0 fully saturated rings. The number of rotatable bonds is 9. The van der Waals surface area contributed by atoms with Gasteiger partial charge in [0.05, 0.1) is 23.9 Å². The molecule has 3 rings (SSSR count). The number of benzene rings is 1. The molecule has 1 amide bonds. The molecule has 0 aliphatic carbocycles. The number of hydrogen-bond donors (Lipinski definition) is 2. The molecule has 1 unspecified atom stereocenters. The molecule has 0 spiro atoms. The number of ether oxygens (including phenoxy) is 2. The molecule has 0 saturated heterocycles. The number of amides is 1. The van der Waals surface area contributed by atoms with Gasteiger partial charge in [-0.05, 0) is 30.2 Å². The quantitative estimate of drug-likeness (QED) is 0.539. The summed E-state index contributed by atoms with van der Waals surface area (Å²) < 4.78 is 38.5. The number of pyridine rings is 1. The van der Waals surface area contributed by atoms with Gasteiger partial charge < -0.3 is 25.4 Å². The number of aromatic nitrogens is 1. The summed E-state index contributed by atoms with van der Waals surface area (Å²) >= 11 is 1.24. The van der Waals surface area contributed by atoms with Crippen LogP contribution in [0.3, 0.4) is 0 Å². The maximum Gasteiger partial charge on any atom is 0.404 e. The highest BCUT2D eigenvalue weighted by molar-refractivity contribution is 8.03. The summed E-state index contributed by atoms with van der Waals surface area (Å²) in [6, 6.07) is 9.00. The molecule has 0 saturated carbocycles. The van der Waals surface area contributed by atoms with Gasteiger partial charge in [0.2, 0.25) is 5.85 Å². The van der Waals surface area contributed by atoms with E-state index in [0.29, 0.717) is 11.4 Å². The second-order valence-electron chi connectivity index (χ2n) is 7.61. The molecule has 0 radical (unpaired) electrons. The zero-order chi connectivity index (χ0) is 23.3. The largest absolute Gasteiger partial charge is 0.447 e. The van der Waals surface area contributed by atoms with Crippen molar-refractivity contribution in [2.45, 2.75) is 38.1 Å². The maximum absolute atomic E-state index is 13.8. The van der Waals surface area contributed by atoms with Crippen molar-refractivity contribution in [1.82, 2.24) is 15.2 Å². The Bertz CT molecular complexity index is 970. The fourth-order valence-corrected chi connectivity index (χ4v) is 4.60. The third kappa shape index (κ3) is 5.89. The number of thioether (sulfide) groups is 1. The molecule has 3 N–H and O–H groups in total.